The summed E-state index contributed by atoms with van der Waals surface area (Å²) in [6.45, 7) is 1.96. The highest BCUT2D eigenvalue weighted by atomic mass is 35.5. The van der Waals surface area contributed by atoms with Gasteiger partial charge in [-0.05, 0) is 55.5 Å². The number of esters is 1. The lowest BCUT2D eigenvalue weighted by atomic mass is 10.2. The molecule has 0 saturated heterocycles. The predicted octanol–water partition coefficient (Wildman–Crippen LogP) is 3.75. The number of carbonyl (C=O) groups excluding carboxylic acids is 3. The van der Waals surface area contributed by atoms with Crippen molar-refractivity contribution >= 4 is 58.1 Å². The van der Waals surface area contributed by atoms with Crippen molar-refractivity contribution < 1.29 is 19.1 Å². The number of rotatable bonds is 7. The van der Waals surface area contributed by atoms with E-state index in [1.807, 2.05) is 0 Å². The molecule has 0 radical (unpaired) electrons. The third kappa shape index (κ3) is 7.89. The molecule has 152 valence electrons. The molecule has 0 bridgehead atoms. The van der Waals surface area contributed by atoms with Crippen LogP contribution in [0.5, 0.6) is 0 Å². The second-order valence-corrected chi connectivity index (χ2v) is 6.70. The van der Waals surface area contributed by atoms with Gasteiger partial charge in [0.2, 0.25) is 5.91 Å². The third-order valence-corrected chi connectivity index (χ3v) is 4.02. The normalized spacial score (nSPS) is 10.0. The van der Waals surface area contributed by atoms with Crippen LogP contribution >= 0.6 is 23.8 Å². The summed E-state index contributed by atoms with van der Waals surface area (Å²) in [7, 11) is 0. The van der Waals surface area contributed by atoms with Crippen LogP contribution in [-0.2, 0) is 14.3 Å². The molecule has 0 unspecified atom stereocenters. The van der Waals surface area contributed by atoms with E-state index in [1.54, 1.807) is 55.5 Å². The van der Waals surface area contributed by atoms with Crippen molar-refractivity contribution in [3.63, 3.8) is 0 Å². The van der Waals surface area contributed by atoms with Crippen molar-refractivity contribution in [2.45, 2.75) is 19.8 Å². The largest absolute Gasteiger partial charge is 0.466 e. The van der Waals surface area contributed by atoms with Crippen molar-refractivity contribution in [3.05, 3.63) is 59.1 Å². The Hall–Kier alpha value is -2.97. The molecule has 0 aromatic heterocycles. The smallest absolute Gasteiger partial charge is 0.306 e. The number of amides is 2. The Morgan fingerprint density at radius 3 is 2.38 bits per heavy atom. The number of ether oxygens (including phenoxy) is 1. The first-order chi connectivity index (χ1) is 13.9. The van der Waals surface area contributed by atoms with Gasteiger partial charge in [-0.25, -0.2) is 0 Å². The highest BCUT2D eigenvalue weighted by Crippen LogP contribution is 2.17. The Balaban J connectivity index is 1.90. The summed E-state index contributed by atoms with van der Waals surface area (Å²) in [6, 6.07) is 13.4. The molecule has 2 amide bonds. The van der Waals surface area contributed by atoms with E-state index in [4.69, 9.17) is 28.6 Å². The third-order valence-electron chi connectivity index (χ3n) is 3.58. The van der Waals surface area contributed by atoms with Crippen molar-refractivity contribution in [2.75, 3.05) is 17.2 Å². The van der Waals surface area contributed by atoms with Gasteiger partial charge in [-0.15, -0.1) is 0 Å². The topological polar surface area (TPSA) is 96.5 Å². The van der Waals surface area contributed by atoms with Crippen molar-refractivity contribution in [2.24, 2.45) is 0 Å². The highest BCUT2D eigenvalue weighted by Gasteiger charge is 2.11. The Morgan fingerprint density at radius 1 is 1.00 bits per heavy atom. The zero-order chi connectivity index (χ0) is 21.2. The summed E-state index contributed by atoms with van der Waals surface area (Å²) < 4.78 is 4.76. The van der Waals surface area contributed by atoms with Crippen LogP contribution in [0.2, 0.25) is 5.02 Å². The van der Waals surface area contributed by atoms with Gasteiger partial charge in [0, 0.05) is 28.4 Å². The minimum absolute atomic E-state index is 0.0263. The zero-order valence-corrected chi connectivity index (χ0v) is 17.2. The molecule has 29 heavy (non-hydrogen) atoms. The SMILES string of the molecule is CCOC(=O)CCC(=O)NC(=S)Nc1cccc(C(=O)Nc2cccc(Cl)c2)c1. The fourth-order valence-corrected chi connectivity index (χ4v) is 2.73. The molecule has 0 atom stereocenters. The first kappa shape index (κ1) is 22.3. The standard InChI is InChI=1S/C20H20ClN3O4S/c1-2-28-18(26)10-9-17(25)24-20(29)23-15-7-3-5-13(11-15)19(27)22-16-8-4-6-14(21)12-16/h3-8,11-12H,2,9-10H2,1H3,(H,22,27)(H2,23,24,25,29). The molecule has 2 rings (SSSR count). The molecule has 0 saturated carbocycles. The summed E-state index contributed by atoms with van der Waals surface area (Å²) in [5.74, 6) is -1.18. The molecule has 0 aliphatic rings. The molecule has 0 heterocycles. The van der Waals surface area contributed by atoms with Crippen LogP contribution < -0.4 is 16.0 Å². The molecule has 2 aromatic rings. The molecule has 7 nitrogen and oxygen atoms in total. The van der Waals surface area contributed by atoms with E-state index in [0.29, 0.717) is 22.0 Å². The minimum Gasteiger partial charge on any atom is -0.466 e. The van der Waals surface area contributed by atoms with E-state index >= 15 is 0 Å². The lowest BCUT2D eigenvalue weighted by Crippen LogP contribution is -2.34. The lowest BCUT2D eigenvalue weighted by molar-refractivity contribution is -0.144. The van der Waals surface area contributed by atoms with Gasteiger partial charge in [-0.3, -0.25) is 14.4 Å². The Kier molecular flexibility index (Phi) is 8.57. The summed E-state index contributed by atoms with van der Waals surface area (Å²) in [5.41, 5.74) is 1.50. The molecule has 3 N–H and O–H groups in total. The Labute approximate surface area is 178 Å². The van der Waals surface area contributed by atoms with E-state index in [-0.39, 0.29) is 30.5 Å². The van der Waals surface area contributed by atoms with Crippen LogP contribution in [0, 0.1) is 0 Å². The van der Waals surface area contributed by atoms with E-state index in [2.05, 4.69) is 16.0 Å². The molecule has 9 heteroatoms. The van der Waals surface area contributed by atoms with Gasteiger partial charge in [-0.1, -0.05) is 23.7 Å². The quantitative estimate of drug-likeness (QED) is 0.454. The van der Waals surface area contributed by atoms with Crippen LogP contribution in [-0.4, -0.2) is 29.5 Å². The minimum atomic E-state index is -0.444. The average Bonchev–Trinajstić information content (AvgIpc) is 2.67. The van der Waals surface area contributed by atoms with Gasteiger partial charge in [0.25, 0.3) is 5.91 Å². The predicted molar refractivity (Wildman–Crippen MR) is 116 cm³/mol. The van der Waals surface area contributed by atoms with Crippen molar-refractivity contribution in [1.82, 2.24) is 5.32 Å². The van der Waals surface area contributed by atoms with E-state index in [1.165, 1.54) is 0 Å². The van der Waals surface area contributed by atoms with E-state index < -0.39 is 11.9 Å². The number of hydrogen-bond donors (Lipinski definition) is 3. The lowest BCUT2D eigenvalue weighted by Gasteiger charge is -2.11. The summed E-state index contributed by atoms with van der Waals surface area (Å²) in [6.07, 6.45) is -0.0653. The van der Waals surface area contributed by atoms with Crippen molar-refractivity contribution in [1.29, 1.82) is 0 Å². The van der Waals surface area contributed by atoms with Crippen LogP contribution in [0.15, 0.2) is 48.5 Å². The Morgan fingerprint density at radius 2 is 1.69 bits per heavy atom. The molecule has 0 fully saturated rings. The first-order valence-electron chi connectivity index (χ1n) is 8.81. The number of halogens is 1. The maximum Gasteiger partial charge on any atom is 0.306 e. The molecule has 2 aromatic carbocycles. The highest BCUT2D eigenvalue weighted by molar-refractivity contribution is 7.80. The first-order valence-corrected chi connectivity index (χ1v) is 9.59. The summed E-state index contributed by atoms with van der Waals surface area (Å²) in [5, 5.41) is 8.64. The number of thiocarbonyl (C=S) groups is 1. The van der Waals surface area contributed by atoms with Gasteiger partial charge in [0.05, 0.1) is 13.0 Å². The van der Waals surface area contributed by atoms with Gasteiger partial charge in [-0.2, -0.15) is 0 Å². The molecular weight excluding hydrogens is 414 g/mol. The molecule has 0 spiro atoms. The second kappa shape index (κ2) is 11.1. The maximum atomic E-state index is 12.4. The van der Waals surface area contributed by atoms with Gasteiger partial charge >= 0.3 is 5.97 Å². The van der Waals surface area contributed by atoms with E-state index in [9.17, 15) is 14.4 Å². The van der Waals surface area contributed by atoms with Gasteiger partial charge in [0.15, 0.2) is 5.11 Å². The summed E-state index contributed by atoms with van der Waals surface area (Å²) in [4.78, 5) is 35.5. The van der Waals surface area contributed by atoms with Crippen LogP contribution in [0.4, 0.5) is 11.4 Å². The molecular formula is C20H20ClN3O4S. The summed E-state index contributed by atoms with van der Waals surface area (Å²) >= 11 is 11.0. The second-order valence-electron chi connectivity index (χ2n) is 5.85. The monoisotopic (exact) mass is 433 g/mol. The van der Waals surface area contributed by atoms with Gasteiger partial charge in [0.1, 0.15) is 0 Å². The Bertz CT molecular complexity index is 920. The zero-order valence-electron chi connectivity index (χ0n) is 15.7. The number of anilines is 2. The number of carbonyl (C=O) groups is 3. The molecule has 0 aliphatic carbocycles. The van der Waals surface area contributed by atoms with Crippen molar-refractivity contribution in [3.8, 4) is 0 Å². The fourth-order valence-electron chi connectivity index (χ4n) is 2.31. The number of hydrogen-bond acceptors (Lipinski definition) is 5. The van der Waals surface area contributed by atoms with E-state index in [0.717, 1.165) is 0 Å². The molecule has 0 aliphatic heterocycles. The fraction of sp³-hybridized carbons (Fsp3) is 0.200. The number of nitrogens with one attached hydrogen (secondary N) is 3. The average molecular weight is 434 g/mol. The van der Waals surface area contributed by atoms with Crippen LogP contribution in [0.25, 0.3) is 0 Å². The van der Waals surface area contributed by atoms with Gasteiger partial charge < -0.3 is 20.7 Å². The van der Waals surface area contributed by atoms with Crippen LogP contribution in [0.3, 0.4) is 0 Å². The van der Waals surface area contributed by atoms with Crippen LogP contribution in [0.1, 0.15) is 30.1 Å². The number of benzene rings is 2. The maximum absolute atomic E-state index is 12.4.